The van der Waals surface area contributed by atoms with E-state index in [1.807, 2.05) is 61.7 Å². The van der Waals surface area contributed by atoms with E-state index in [0.717, 1.165) is 33.0 Å². The molecule has 1 saturated heterocycles. The second-order valence-electron chi connectivity index (χ2n) is 9.58. The van der Waals surface area contributed by atoms with Crippen molar-refractivity contribution in [2.75, 3.05) is 13.2 Å². The van der Waals surface area contributed by atoms with Crippen LogP contribution in [0.15, 0.2) is 69.9 Å². The molecule has 2 aromatic carbocycles. The molecule has 0 bridgehead atoms. The second-order valence-corrected chi connectivity index (χ2v) is 12.9. The van der Waals surface area contributed by atoms with Crippen LogP contribution in [0.2, 0.25) is 0 Å². The van der Waals surface area contributed by atoms with E-state index in [-0.39, 0.29) is 25.2 Å². The van der Waals surface area contributed by atoms with Crippen molar-refractivity contribution in [2.24, 2.45) is 5.92 Å². The van der Waals surface area contributed by atoms with Crippen LogP contribution >= 0.6 is 32.9 Å². The lowest BCUT2D eigenvalue weighted by Gasteiger charge is -2.47. The number of hydrogen-bond donors (Lipinski definition) is 1. The van der Waals surface area contributed by atoms with Crippen LogP contribution in [0.5, 0.6) is 5.75 Å². The number of rotatable bonds is 12. The third-order valence-corrected chi connectivity index (χ3v) is 10.1. The summed E-state index contributed by atoms with van der Waals surface area (Å²) in [5.74, 6) is -0.185. The number of thiazole rings is 1. The van der Waals surface area contributed by atoms with E-state index in [2.05, 4.69) is 10.3 Å². The van der Waals surface area contributed by atoms with Crippen molar-refractivity contribution in [3.8, 4) is 5.75 Å². The number of β-lactam (4-membered cyclic amide) rings is 1. The number of nitrogens with zero attached hydrogens (tertiary/aromatic N) is 2. The van der Waals surface area contributed by atoms with Crippen LogP contribution in [0.4, 0.5) is 0 Å². The fourth-order valence-corrected chi connectivity index (χ4v) is 7.68. The summed E-state index contributed by atoms with van der Waals surface area (Å²) in [5.41, 5.74) is 1.81. The van der Waals surface area contributed by atoms with Gasteiger partial charge in [0.25, 0.3) is 5.91 Å². The molecule has 39 heavy (non-hydrogen) atoms. The molecule has 2 fully saturated rings. The first-order chi connectivity index (χ1) is 18.9. The SMILES string of the molecule is CC(=CSSc1nc2ccccc2s1)C1C(NC(=O)COc2ccccc2)C(=O)N1CC(=O)OC(C)C1CC1. The topological polar surface area (TPSA) is 97.8 Å². The summed E-state index contributed by atoms with van der Waals surface area (Å²) < 4.78 is 13.1. The second kappa shape index (κ2) is 12.4. The van der Waals surface area contributed by atoms with Gasteiger partial charge in [-0.3, -0.25) is 14.4 Å². The molecule has 1 saturated carbocycles. The van der Waals surface area contributed by atoms with Crippen LogP contribution in [0.1, 0.15) is 26.7 Å². The Morgan fingerprint density at radius 2 is 1.92 bits per heavy atom. The lowest BCUT2D eigenvalue weighted by molar-refractivity contribution is -0.163. The number of esters is 1. The van der Waals surface area contributed by atoms with E-state index in [4.69, 9.17) is 9.47 Å². The molecule has 5 rings (SSSR count). The fraction of sp³-hybridized carbons (Fsp3) is 0.357. The number of likely N-dealkylation sites (tertiary alicyclic amines) is 1. The van der Waals surface area contributed by atoms with Crippen molar-refractivity contribution in [1.82, 2.24) is 15.2 Å². The Bertz CT molecular complexity index is 1340. The maximum atomic E-state index is 13.1. The fourth-order valence-electron chi connectivity index (χ4n) is 4.40. The first kappa shape index (κ1) is 27.5. The lowest BCUT2D eigenvalue weighted by atomic mass is 9.89. The number of hydrogen-bond acceptors (Lipinski definition) is 9. The van der Waals surface area contributed by atoms with Gasteiger partial charge in [-0.15, -0.1) is 11.3 Å². The number of fused-ring (bicyclic) bond motifs is 1. The number of benzene rings is 2. The van der Waals surface area contributed by atoms with Crippen molar-refractivity contribution in [3.05, 3.63) is 65.6 Å². The summed E-state index contributed by atoms with van der Waals surface area (Å²) in [4.78, 5) is 44.4. The highest BCUT2D eigenvalue weighted by molar-refractivity contribution is 8.78. The summed E-state index contributed by atoms with van der Waals surface area (Å²) in [5, 5.41) is 4.73. The van der Waals surface area contributed by atoms with Crippen LogP contribution in [-0.2, 0) is 19.1 Å². The molecule has 2 heterocycles. The molecule has 3 unspecified atom stereocenters. The van der Waals surface area contributed by atoms with E-state index >= 15 is 0 Å². The van der Waals surface area contributed by atoms with E-state index < -0.39 is 24.0 Å². The maximum absolute atomic E-state index is 13.1. The largest absolute Gasteiger partial charge is 0.484 e. The van der Waals surface area contributed by atoms with Crippen molar-refractivity contribution in [2.45, 2.75) is 49.2 Å². The first-order valence-corrected chi connectivity index (χ1v) is 15.7. The Hall–Kier alpha value is -3.02. The van der Waals surface area contributed by atoms with Gasteiger partial charge in [0.15, 0.2) is 10.9 Å². The highest BCUT2D eigenvalue weighted by Crippen LogP contribution is 2.39. The van der Waals surface area contributed by atoms with Gasteiger partial charge >= 0.3 is 5.97 Å². The highest BCUT2D eigenvalue weighted by Gasteiger charge is 2.50. The molecule has 0 spiro atoms. The van der Waals surface area contributed by atoms with Gasteiger partial charge in [0, 0.05) is 0 Å². The Morgan fingerprint density at radius 3 is 2.67 bits per heavy atom. The minimum atomic E-state index is -0.783. The number of carbonyl (C=O) groups is 3. The van der Waals surface area contributed by atoms with Crippen LogP contribution in [-0.4, -0.2) is 59.0 Å². The molecule has 3 aromatic rings. The molecule has 1 aromatic heterocycles. The van der Waals surface area contributed by atoms with E-state index in [0.29, 0.717) is 11.7 Å². The monoisotopic (exact) mass is 583 g/mol. The molecule has 2 amide bonds. The average Bonchev–Trinajstić information content (AvgIpc) is 3.71. The van der Waals surface area contributed by atoms with Crippen LogP contribution in [0, 0.1) is 5.92 Å². The quantitative estimate of drug-likeness (QED) is 0.180. The summed E-state index contributed by atoms with van der Waals surface area (Å²) in [6, 6.07) is 15.7. The number of para-hydroxylation sites is 2. The average molecular weight is 584 g/mol. The molecule has 2 aliphatic rings. The van der Waals surface area contributed by atoms with Gasteiger partial charge in [-0.2, -0.15) is 0 Å². The zero-order chi connectivity index (χ0) is 27.4. The Morgan fingerprint density at radius 1 is 1.18 bits per heavy atom. The normalized spacial score (nSPS) is 19.9. The van der Waals surface area contributed by atoms with Crippen LogP contribution in [0.25, 0.3) is 10.2 Å². The molecule has 1 aliphatic heterocycles. The molecular formula is C28H29N3O5S3. The van der Waals surface area contributed by atoms with Crippen LogP contribution < -0.4 is 10.1 Å². The summed E-state index contributed by atoms with van der Waals surface area (Å²) in [6.07, 6.45) is 1.96. The maximum Gasteiger partial charge on any atom is 0.325 e. The van der Waals surface area contributed by atoms with Gasteiger partial charge in [0.05, 0.1) is 16.3 Å². The number of ether oxygens (including phenoxy) is 2. The number of carbonyl (C=O) groups excluding carboxylic acids is 3. The first-order valence-electron chi connectivity index (χ1n) is 12.7. The Balaban J connectivity index is 1.23. The van der Waals surface area contributed by atoms with Gasteiger partial charge in [-0.1, -0.05) is 41.1 Å². The standard InChI is InChI=1S/C28H29N3O5S3/c1-17(16-37-39-28-29-21-10-6-7-11-22(21)38-28)26-25(30-23(32)15-35-20-8-4-3-5-9-20)27(34)31(26)14-24(33)36-18(2)19-12-13-19/h3-11,16,18-19,25-26H,12-15H2,1-2H3,(H,30,32). The highest BCUT2D eigenvalue weighted by atomic mass is 33.1. The lowest BCUT2D eigenvalue weighted by Crippen LogP contribution is -2.72. The molecule has 3 atom stereocenters. The number of nitrogens with one attached hydrogen (secondary N) is 1. The third kappa shape index (κ3) is 6.95. The zero-order valence-electron chi connectivity index (χ0n) is 21.6. The predicted octanol–water partition coefficient (Wildman–Crippen LogP) is 5.06. The zero-order valence-corrected chi connectivity index (χ0v) is 24.0. The van der Waals surface area contributed by atoms with Gasteiger partial charge in [-0.25, -0.2) is 4.98 Å². The molecule has 8 nitrogen and oxygen atoms in total. The van der Waals surface area contributed by atoms with Gasteiger partial charge in [0.2, 0.25) is 5.91 Å². The van der Waals surface area contributed by atoms with Crippen molar-refractivity contribution < 1.29 is 23.9 Å². The van der Waals surface area contributed by atoms with E-state index in [1.165, 1.54) is 26.5 Å². The Kier molecular flexibility index (Phi) is 8.79. The summed E-state index contributed by atoms with van der Waals surface area (Å²) in [6.45, 7) is 3.41. The van der Waals surface area contributed by atoms with Crippen molar-refractivity contribution >= 4 is 60.9 Å². The molecule has 1 N–H and O–H groups in total. The van der Waals surface area contributed by atoms with Crippen LogP contribution in [0.3, 0.4) is 0 Å². The molecule has 1 aliphatic carbocycles. The molecule has 0 radical (unpaired) electrons. The predicted molar refractivity (Wildman–Crippen MR) is 154 cm³/mol. The summed E-state index contributed by atoms with van der Waals surface area (Å²) >= 11 is 1.62. The smallest absolute Gasteiger partial charge is 0.325 e. The van der Waals surface area contributed by atoms with E-state index in [9.17, 15) is 14.4 Å². The minimum absolute atomic E-state index is 0.157. The summed E-state index contributed by atoms with van der Waals surface area (Å²) in [7, 11) is 3.02. The van der Waals surface area contributed by atoms with Crippen molar-refractivity contribution in [3.63, 3.8) is 0 Å². The molecule has 11 heteroatoms. The molecule has 204 valence electrons. The molecular weight excluding hydrogens is 555 g/mol. The Labute approximate surface area is 238 Å². The van der Waals surface area contributed by atoms with Gasteiger partial charge in [-0.05, 0) is 78.6 Å². The number of aromatic nitrogens is 1. The third-order valence-electron chi connectivity index (χ3n) is 6.63. The van der Waals surface area contributed by atoms with E-state index in [1.54, 1.807) is 23.5 Å². The van der Waals surface area contributed by atoms with Gasteiger partial charge < -0.3 is 19.7 Å². The number of amides is 2. The minimum Gasteiger partial charge on any atom is -0.484 e. The van der Waals surface area contributed by atoms with Gasteiger partial charge in [0.1, 0.15) is 24.4 Å². The van der Waals surface area contributed by atoms with Crippen molar-refractivity contribution in [1.29, 1.82) is 0 Å².